The second-order valence-electron chi connectivity index (χ2n) is 6.75. The standard InChI is InChI=1S/C17H23ClFO7Se/c18-9-1-8(2-10(19)3-9)17-25-5-11(21)16(26-17)13(23)7-27-6-12(22)15(24)14(27)4-20/h1-3,11-17,20-24H,4-7H2/q+1/t11-,12-,13-,14-,15+,16+,17?,27?/m1/s1. The number of hydrogen-bond acceptors (Lipinski definition) is 7. The zero-order valence-corrected chi connectivity index (χ0v) is 16.8. The molecule has 2 unspecified atom stereocenters. The Balaban J connectivity index is 1.69. The van der Waals surface area contributed by atoms with Crippen LogP contribution in [0.25, 0.3) is 0 Å². The van der Waals surface area contributed by atoms with E-state index in [9.17, 15) is 29.9 Å². The van der Waals surface area contributed by atoms with Gasteiger partial charge in [-0.25, -0.2) is 0 Å². The van der Waals surface area contributed by atoms with Gasteiger partial charge < -0.3 is 0 Å². The molecule has 5 N–H and O–H groups in total. The summed E-state index contributed by atoms with van der Waals surface area (Å²) in [5.74, 6) is -0.556. The van der Waals surface area contributed by atoms with Gasteiger partial charge in [0.15, 0.2) is 0 Å². The molecule has 2 fully saturated rings. The van der Waals surface area contributed by atoms with Crippen LogP contribution in [0.5, 0.6) is 0 Å². The average molecular weight is 473 g/mol. The van der Waals surface area contributed by atoms with Gasteiger partial charge in [-0.3, -0.25) is 0 Å². The summed E-state index contributed by atoms with van der Waals surface area (Å²) in [7, 11) is 0. The van der Waals surface area contributed by atoms with Crippen LogP contribution in [0, 0.1) is 5.82 Å². The van der Waals surface area contributed by atoms with Gasteiger partial charge in [-0.15, -0.1) is 0 Å². The number of aliphatic hydroxyl groups is 5. The van der Waals surface area contributed by atoms with Gasteiger partial charge in [0, 0.05) is 0 Å². The molecule has 2 aliphatic heterocycles. The third-order valence-electron chi connectivity index (χ3n) is 4.77. The van der Waals surface area contributed by atoms with Crippen molar-refractivity contribution in [3.8, 4) is 0 Å². The molecule has 10 heteroatoms. The van der Waals surface area contributed by atoms with Crippen LogP contribution in [-0.2, 0) is 9.47 Å². The summed E-state index contributed by atoms with van der Waals surface area (Å²) in [6.07, 6.45) is -6.06. The molecule has 0 bridgehead atoms. The van der Waals surface area contributed by atoms with Crippen LogP contribution in [0.1, 0.15) is 11.9 Å². The van der Waals surface area contributed by atoms with Crippen molar-refractivity contribution in [3.63, 3.8) is 0 Å². The molecule has 0 aliphatic carbocycles. The summed E-state index contributed by atoms with van der Waals surface area (Å²) in [6.45, 7) is -0.378. The third-order valence-corrected chi connectivity index (χ3v) is 10.9. The molecule has 2 aliphatic rings. The van der Waals surface area contributed by atoms with E-state index in [0.29, 0.717) is 10.9 Å². The molecule has 3 rings (SSSR count). The minimum absolute atomic E-state index is 0.111. The van der Waals surface area contributed by atoms with Gasteiger partial charge in [0.1, 0.15) is 0 Å². The predicted octanol–water partition coefficient (Wildman–Crippen LogP) is 0.208. The number of rotatable bonds is 5. The maximum absolute atomic E-state index is 13.6. The molecule has 1 aromatic carbocycles. The van der Waals surface area contributed by atoms with E-state index >= 15 is 0 Å². The SMILES string of the molecule is OC[C@@H]1[C@@H](O)[C@H](O)C[Se+]1C[C@@H](O)[C@H]1OC(c2cc(F)cc(Cl)c2)OC[C@H]1O. The zero-order valence-electron chi connectivity index (χ0n) is 14.3. The summed E-state index contributed by atoms with van der Waals surface area (Å²) in [4.78, 5) is -0.440. The molecule has 0 aromatic heterocycles. The molecule has 1 aromatic rings. The van der Waals surface area contributed by atoms with Crippen LogP contribution in [0.2, 0.25) is 20.5 Å². The van der Waals surface area contributed by atoms with Crippen molar-refractivity contribution in [2.45, 2.75) is 52.3 Å². The van der Waals surface area contributed by atoms with Gasteiger partial charge in [-0.1, -0.05) is 0 Å². The Morgan fingerprint density at radius 1 is 1.22 bits per heavy atom. The van der Waals surface area contributed by atoms with Gasteiger partial charge in [0.05, 0.1) is 0 Å². The summed E-state index contributed by atoms with van der Waals surface area (Å²) in [5, 5.41) is 50.8. The van der Waals surface area contributed by atoms with E-state index in [1.807, 2.05) is 0 Å². The van der Waals surface area contributed by atoms with Gasteiger partial charge in [0.2, 0.25) is 0 Å². The Morgan fingerprint density at radius 2 is 1.96 bits per heavy atom. The van der Waals surface area contributed by atoms with Crippen LogP contribution < -0.4 is 0 Å². The molecule has 7 nitrogen and oxygen atoms in total. The van der Waals surface area contributed by atoms with Crippen LogP contribution in [0.15, 0.2) is 18.2 Å². The second-order valence-corrected chi connectivity index (χ2v) is 12.1. The van der Waals surface area contributed by atoms with Crippen LogP contribution in [0.3, 0.4) is 0 Å². The zero-order chi connectivity index (χ0) is 19.7. The normalized spacial score (nSPS) is 38.1. The van der Waals surface area contributed by atoms with E-state index in [1.54, 1.807) is 0 Å². The van der Waals surface area contributed by atoms with Crippen LogP contribution in [0.4, 0.5) is 4.39 Å². The van der Waals surface area contributed by atoms with Gasteiger partial charge in [0.25, 0.3) is 0 Å². The molecular weight excluding hydrogens is 450 g/mol. The second kappa shape index (κ2) is 9.00. The average Bonchev–Trinajstić information content (AvgIpc) is 2.87. The molecule has 152 valence electrons. The van der Waals surface area contributed by atoms with Crippen LogP contribution in [-0.4, -0.2) is 83.2 Å². The molecule has 2 saturated heterocycles. The van der Waals surface area contributed by atoms with E-state index in [-0.39, 0.29) is 23.6 Å². The summed E-state index contributed by atoms with van der Waals surface area (Å²) < 4.78 is 24.6. The van der Waals surface area contributed by atoms with Crippen molar-refractivity contribution in [2.75, 3.05) is 13.2 Å². The van der Waals surface area contributed by atoms with E-state index in [2.05, 4.69) is 0 Å². The van der Waals surface area contributed by atoms with Crippen LogP contribution >= 0.6 is 11.6 Å². The summed E-state index contributed by atoms with van der Waals surface area (Å²) in [5.41, 5.74) is 0.333. The van der Waals surface area contributed by atoms with E-state index in [0.717, 1.165) is 6.07 Å². The number of benzene rings is 1. The number of ether oxygens (including phenoxy) is 2. The van der Waals surface area contributed by atoms with Crippen molar-refractivity contribution < 1.29 is 39.4 Å². The molecule has 27 heavy (non-hydrogen) atoms. The molecule has 0 saturated carbocycles. The Morgan fingerprint density at radius 3 is 2.63 bits per heavy atom. The van der Waals surface area contributed by atoms with Gasteiger partial charge in [-0.2, -0.15) is 0 Å². The Kier molecular flexibility index (Phi) is 7.13. The molecule has 0 amide bonds. The first-order valence-electron chi connectivity index (χ1n) is 8.52. The van der Waals surface area contributed by atoms with Gasteiger partial charge in [-0.05, 0) is 0 Å². The first-order valence-corrected chi connectivity index (χ1v) is 12.3. The number of hydrogen-bond donors (Lipinski definition) is 5. The maximum atomic E-state index is 13.6. The topological polar surface area (TPSA) is 120 Å². The fraction of sp³-hybridized carbons (Fsp3) is 0.647. The number of halogens is 2. The van der Waals surface area contributed by atoms with Crippen molar-refractivity contribution in [3.05, 3.63) is 34.6 Å². The Labute approximate surface area is 165 Å². The van der Waals surface area contributed by atoms with E-state index in [1.165, 1.54) is 12.1 Å². The Hall–Kier alpha value is -0.321. The Bertz CT molecular complexity index is 633. The van der Waals surface area contributed by atoms with Crippen molar-refractivity contribution in [1.29, 1.82) is 0 Å². The fourth-order valence-corrected chi connectivity index (χ4v) is 9.25. The first-order chi connectivity index (χ1) is 12.8. The van der Waals surface area contributed by atoms with Crippen molar-refractivity contribution >= 4 is 25.5 Å². The molecule has 0 radical (unpaired) electrons. The fourth-order valence-electron chi connectivity index (χ4n) is 3.39. The molecule has 0 spiro atoms. The summed E-state index contributed by atoms with van der Waals surface area (Å²) in [6, 6.07) is 3.83. The quantitative estimate of drug-likeness (QED) is 0.389. The molecule has 8 atom stereocenters. The van der Waals surface area contributed by atoms with E-state index < -0.39 is 61.3 Å². The minimum atomic E-state index is -1.74. The van der Waals surface area contributed by atoms with Crippen molar-refractivity contribution in [1.82, 2.24) is 0 Å². The third kappa shape index (κ3) is 4.82. The molecule has 2 heterocycles. The van der Waals surface area contributed by atoms with Crippen molar-refractivity contribution in [2.24, 2.45) is 0 Å². The van der Waals surface area contributed by atoms with Gasteiger partial charge >= 0.3 is 165 Å². The monoisotopic (exact) mass is 473 g/mol. The number of aliphatic hydroxyl groups excluding tert-OH is 5. The first kappa shape index (κ1) is 21.4. The van der Waals surface area contributed by atoms with E-state index in [4.69, 9.17) is 21.1 Å². The summed E-state index contributed by atoms with van der Waals surface area (Å²) >= 11 is 4.12. The molecular formula is C17H23ClFO7Se+. The predicted molar refractivity (Wildman–Crippen MR) is 95.2 cm³/mol.